The zero-order valence-electron chi connectivity index (χ0n) is 12.8. The average molecular weight is 279 g/mol. The summed E-state index contributed by atoms with van der Waals surface area (Å²) in [5.74, 6) is 0.566. The SMILES string of the molecule is CCN1CCC(N2CCC[C@H](C(=O)NC3CC3)C2)CC1. The van der Waals surface area contributed by atoms with Crippen LogP contribution in [0.15, 0.2) is 0 Å². The van der Waals surface area contributed by atoms with Crippen LogP contribution in [0.3, 0.4) is 0 Å². The molecule has 3 fully saturated rings. The van der Waals surface area contributed by atoms with Crippen molar-refractivity contribution in [3.63, 3.8) is 0 Å². The third kappa shape index (κ3) is 3.53. The average Bonchev–Trinajstić information content (AvgIpc) is 3.31. The Bertz CT molecular complexity index is 335. The maximum atomic E-state index is 12.2. The number of nitrogens with one attached hydrogen (secondary N) is 1. The Morgan fingerprint density at radius 2 is 1.85 bits per heavy atom. The molecule has 1 atom stereocenters. The summed E-state index contributed by atoms with van der Waals surface area (Å²) in [5.41, 5.74) is 0. The van der Waals surface area contributed by atoms with E-state index < -0.39 is 0 Å². The van der Waals surface area contributed by atoms with Crippen molar-refractivity contribution in [3.8, 4) is 0 Å². The van der Waals surface area contributed by atoms with Gasteiger partial charge in [0.2, 0.25) is 5.91 Å². The number of rotatable bonds is 4. The van der Waals surface area contributed by atoms with E-state index in [0.717, 1.165) is 13.0 Å². The molecule has 0 spiro atoms. The largest absolute Gasteiger partial charge is 0.353 e. The lowest BCUT2D eigenvalue weighted by atomic mass is 9.93. The predicted molar refractivity (Wildman–Crippen MR) is 80.6 cm³/mol. The van der Waals surface area contributed by atoms with Crippen LogP contribution in [0.25, 0.3) is 0 Å². The molecule has 0 aromatic heterocycles. The van der Waals surface area contributed by atoms with Crippen LogP contribution in [-0.4, -0.2) is 60.5 Å². The quantitative estimate of drug-likeness (QED) is 0.846. The number of carbonyl (C=O) groups is 1. The van der Waals surface area contributed by atoms with Crippen LogP contribution in [-0.2, 0) is 4.79 Å². The van der Waals surface area contributed by atoms with Gasteiger partial charge in [0.25, 0.3) is 0 Å². The Hall–Kier alpha value is -0.610. The first-order valence-corrected chi connectivity index (χ1v) is 8.53. The van der Waals surface area contributed by atoms with Crippen molar-refractivity contribution in [1.29, 1.82) is 0 Å². The van der Waals surface area contributed by atoms with Gasteiger partial charge in [-0.2, -0.15) is 0 Å². The van der Waals surface area contributed by atoms with Crippen LogP contribution in [0, 0.1) is 5.92 Å². The molecule has 0 radical (unpaired) electrons. The maximum Gasteiger partial charge on any atom is 0.224 e. The molecule has 0 bridgehead atoms. The molecule has 3 rings (SSSR count). The minimum Gasteiger partial charge on any atom is -0.353 e. The number of likely N-dealkylation sites (tertiary alicyclic amines) is 2. The highest BCUT2D eigenvalue weighted by Crippen LogP contribution is 2.25. The zero-order valence-corrected chi connectivity index (χ0v) is 12.8. The van der Waals surface area contributed by atoms with Gasteiger partial charge in [0.15, 0.2) is 0 Å². The first-order chi connectivity index (χ1) is 9.76. The van der Waals surface area contributed by atoms with Crippen LogP contribution in [0.2, 0.25) is 0 Å². The van der Waals surface area contributed by atoms with Crippen molar-refractivity contribution < 1.29 is 4.79 Å². The summed E-state index contributed by atoms with van der Waals surface area (Å²) in [7, 11) is 0. The fraction of sp³-hybridized carbons (Fsp3) is 0.938. The summed E-state index contributed by atoms with van der Waals surface area (Å²) in [6.07, 6.45) is 7.23. The van der Waals surface area contributed by atoms with Gasteiger partial charge in [-0.15, -0.1) is 0 Å². The van der Waals surface area contributed by atoms with Gasteiger partial charge < -0.3 is 10.2 Å². The van der Waals surface area contributed by atoms with Crippen molar-refractivity contribution in [2.24, 2.45) is 5.92 Å². The lowest BCUT2D eigenvalue weighted by molar-refractivity contribution is -0.127. The predicted octanol–water partition coefficient (Wildman–Crippen LogP) is 1.46. The van der Waals surface area contributed by atoms with Crippen molar-refractivity contribution in [2.75, 3.05) is 32.7 Å². The van der Waals surface area contributed by atoms with Gasteiger partial charge in [-0.3, -0.25) is 9.69 Å². The van der Waals surface area contributed by atoms with E-state index in [-0.39, 0.29) is 5.92 Å². The molecule has 4 nitrogen and oxygen atoms in total. The molecule has 4 heteroatoms. The Balaban J connectivity index is 1.48. The third-order valence-corrected chi connectivity index (χ3v) is 5.27. The fourth-order valence-electron chi connectivity index (χ4n) is 3.70. The number of nitrogens with zero attached hydrogens (tertiary/aromatic N) is 2. The van der Waals surface area contributed by atoms with E-state index in [0.29, 0.717) is 18.0 Å². The van der Waals surface area contributed by atoms with Gasteiger partial charge >= 0.3 is 0 Å². The molecule has 2 saturated heterocycles. The molecule has 2 heterocycles. The molecular formula is C16H29N3O. The molecule has 1 saturated carbocycles. The van der Waals surface area contributed by atoms with Gasteiger partial charge in [0.1, 0.15) is 0 Å². The van der Waals surface area contributed by atoms with Crippen LogP contribution in [0.5, 0.6) is 0 Å². The van der Waals surface area contributed by atoms with Crippen molar-refractivity contribution in [2.45, 2.75) is 57.5 Å². The van der Waals surface area contributed by atoms with E-state index in [1.165, 1.54) is 58.3 Å². The fourth-order valence-corrected chi connectivity index (χ4v) is 3.70. The molecule has 114 valence electrons. The number of hydrogen-bond donors (Lipinski definition) is 1. The summed E-state index contributed by atoms with van der Waals surface area (Å²) in [4.78, 5) is 17.4. The van der Waals surface area contributed by atoms with E-state index in [1.807, 2.05) is 0 Å². The molecule has 1 N–H and O–H groups in total. The smallest absolute Gasteiger partial charge is 0.224 e. The second kappa shape index (κ2) is 6.44. The second-order valence-corrected chi connectivity index (χ2v) is 6.78. The first-order valence-electron chi connectivity index (χ1n) is 8.53. The van der Waals surface area contributed by atoms with E-state index in [9.17, 15) is 4.79 Å². The minimum absolute atomic E-state index is 0.244. The Morgan fingerprint density at radius 1 is 1.10 bits per heavy atom. The summed E-state index contributed by atoms with van der Waals surface area (Å²) in [5, 5.41) is 3.19. The molecule has 2 aliphatic heterocycles. The lowest BCUT2D eigenvalue weighted by Gasteiger charge is -2.41. The molecule has 0 aromatic rings. The van der Waals surface area contributed by atoms with Gasteiger partial charge in [-0.25, -0.2) is 0 Å². The van der Waals surface area contributed by atoms with Crippen LogP contribution < -0.4 is 5.32 Å². The molecule has 0 unspecified atom stereocenters. The summed E-state index contributed by atoms with van der Waals surface area (Å²) < 4.78 is 0. The van der Waals surface area contributed by atoms with E-state index in [1.54, 1.807) is 0 Å². The Labute approximate surface area is 122 Å². The summed E-state index contributed by atoms with van der Waals surface area (Å²) >= 11 is 0. The maximum absolute atomic E-state index is 12.2. The Kier molecular flexibility index (Phi) is 4.61. The van der Waals surface area contributed by atoms with Gasteiger partial charge in [0, 0.05) is 18.6 Å². The van der Waals surface area contributed by atoms with Gasteiger partial charge in [-0.05, 0) is 64.7 Å². The van der Waals surface area contributed by atoms with Crippen molar-refractivity contribution in [3.05, 3.63) is 0 Å². The van der Waals surface area contributed by atoms with Gasteiger partial charge in [-0.1, -0.05) is 6.92 Å². The number of amides is 1. The minimum atomic E-state index is 0.244. The second-order valence-electron chi connectivity index (χ2n) is 6.78. The Morgan fingerprint density at radius 3 is 2.50 bits per heavy atom. The van der Waals surface area contributed by atoms with Gasteiger partial charge in [0.05, 0.1) is 5.92 Å². The molecule has 3 aliphatic rings. The highest BCUT2D eigenvalue weighted by atomic mass is 16.2. The summed E-state index contributed by atoms with van der Waals surface area (Å²) in [6.45, 7) is 8.09. The lowest BCUT2D eigenvalue weighted by Crippen LogP contribution is -2.50. The topological polar surface area (TPSA) is 35.6 Å². The molecular weight excluding hydrogens is 250 g/mol. The van der Waals surface area contributed by atoms with E-state index >= 15 is 0 Å². The van der Waals surface area contributed by atoms with E-state index in [4.69, 9.17) is 0 Å². The molecule has 1 aliphatic carbocycles. The molecule has 0 aromatic carbocycles. The van der Waals surface area contributed by atoms with Crippen molar-refractivity contribution in [1.82, 2.24) is 15.1 Å². The number of piperidine rings is 2. The van der Waals surface area contributed by atoms with Crippen LogP contribution in [0.1, 0.15) is 45.4 Å². The number of carbonyl (C=O) groups excluding carboxylic acids is 1. The zero-order chi connectivity index (χ0) is 13.9. The number of hydrogen-bond acceptors (Lipinski definition) is 3. The van der Waals surface area contributed by atoms with Crippen molar-refractivity contribution >= 4 is 5.91 Å². The summed E-state index contributed by atoms with van der Waals surface area (Å²) in [6, 6.07) is 1.22. The van der Waals surface area contributed by atoms with E-state index in [2.05, 4.69) is 22.0 Å². The molecule has 20 heavy (non-hydrogen) atoms. The first kappa shape index (κ1) is 14.3. The monoisotopic (exact) mass is 279 g/mol. The standard InChI is InChI=1S/C16H29N3O/c1-2-18-10-7-15(8-11-18)19-9-3-4-13(12-19)16(20)17-14-5-6-14/h13-15H,2-12H2,1H3,(H,17,20)/t13-/m0/s1. The highest BCUT2D eigenvalue weighted by molar-refractivity contribution is 5.79. The third-order valence-electron chi connectivity index (χ3n) is 5.27. The highest BCUT2D eigenvalue weighted by Gasteiger charge is 2.33. The van der Waals surface area contributed by atoms with Crippen LogP contribution in [0.4, 0.5) is 0 Å². The normalized spacial score (nSPS) is 30.4. The molecule has 1 amide bonds. The van der Waals surface area contributed by atoms with Crippen LogP contribution >= 0.6 is 0 Å².